The van der Waals surface area contributed by atoms with Crippen LogP contribution in [0.25, 0.3) is 21.3 Å². The molecule has 0 aliphatic heterocycles. The van der Waals surface area contributed by atoms with Crippen molar-refractivity contribution in [2.75, 3.05) is 0 Å². The van der Waals surface area contributed by atoms with E-state index >= 15 is 0 Å². The van der Waals surface area contributed by atoms with Crippen LogP contribution in [0.3, 0.4) is 0 Å². The molecule has 0 saturated heterocycles. The number of rotatable bonds is 2. The Hall–Kier alpha value is -2.20. The molecule has 2 aromatic heterocycles. The molecule has 0 unspecified atom stereocenters. The van der Waals surface area contributed by atoms with Gasteiger partial charge in [0.05, 0.1) is 26.8 Å². The van der Waals surface area contributed by atoms with Crippen LogP contribution >= 0.6 is 11.3 Å². The molecule has 0 radical (unpaired) electrons. The second kappa shape index (κ2) is 4.17. The van der Waals surface area contributed by atoms with Gasteiger partial charge in [-0.25, -0.2) is 9.97 Å². The van der Waals surface area contributed by atoms with Gasteiger partial charge in [-0.2, -0.15) is 0 Å². The molecule has 3 nitrogen and oxygen atoms in total. The van der Waals surface area contributed by atoms with E-state index in [2.05, 4.69) is 39.2 Å². The van der Waals surface area contributed by atoms with Crippen LogP contribution in [0.15, 0.2) is 48.0 Å². The van der Waals surface area contributed by atoms with Gasteiger partial charge in [0.2, 0.25) is 0 Å². The molecule has 0 bridgehead atoms. The molecule has 0 amide bonds. The zero-order valence-electron chi connectivity index (χ0n) is 10.1. The first-order valence-corrected chi connectivity index (χ1v) is 7.02. The van der Waals surface area contributed by atoms with Crippen molar-refractivity contribution in [1.82, 2.24) is 15.0 Å². The Kier molecular flexibility index (Phi) is 2.35. The Morgan fingerprint density at radius 3 is 2.95 bits per heavy atom. The van der Waals surface area contributed by atoms with Crippen molar-refractivity contribution in [3.05, 3.63) is 59.4 Å². The van der Waals surface area contributed by atoms with Crippen LogP contribution in [0.2, 0.25) is 0 Å². The Morgan fingerprint density at radius 2 is 2.00 bits per heavy atom. The number of nitrogens with one attached hydrogen (secondary N) is 1. The topological polar surface area (TPSA) is 41.6 Å². The van der Waals surface area contributed by atoms with Gasteiger partial charge >= 0.3 is 0 Å². The lowest BCUT2D eigenvalue weighted by molar-refractivity contribution is 1.04. The summed E-state index contributed by atoms with van der Waals surface area (Å²) in [4.78, 5) is 12.3. The van der Waals surface area contributed by atoms with Gasteiger partial charge in [0.15, 0.2) is 0 Å². The summed E-state index contributed by atoms with van der Waals surface area (Å²) in [5.41, 5.74) is 6.30. The molecule has 19 heavy (non-hydrogen) atoms. The van der Waals surface area contributed by atoms with Crippen molar-refractivity contribution in [1.29, 1.82) is 0 Å². The highest BCUT2D eigenvalue weighted by Crippen LogP contribution is 2.20. The van der Waals surface area contributed by atoms with E-state index in [0.29, 0.717) is 0 Å². The van der Waals surface area contributed by atoms with Crippen molar-refractivity contribution in [3.63, 3.8) is 0 Å². The number of aromatic nitrogens is 3. The molecule has 4 heteroatoms. The lowest BCUT2D eigenvalue weighted by Gasteiger charge is -1.98. The SMILES string of the molecule is c1ccc2[nH]c(Cc3ccc4scnc4c3)nc2c1. The second-order valence-corrected chi connectivity index (χ2v) is 5.42. The number of imidazole rings is 1. The number of nitrogens with zero attached hydrogens (tertiary/aromatic N) is 2. The maximum Gasteiger partial charge on any atom is 0.111 e. The average Bonchev–Trinajstić information content (AvgIpc) is 3.03. The molecule has 0 aliphatic carbocycles. The predicted molar refractivity (Wildman–Crippen MR) is 78.5 cm³/mol. The summed E-state index contributed by atoms with van der Waals surface area (Å²) in [7, 11) is 0. The van der Waals surface area contributed by atoms with Crippen molar-refractivity contribution in [2.24, 2.45) is 0 Å². The van der Waals surface area contributed by atoms with Crippen LogP contribution in [-0.4, -0.2) is 15.0 Å². The van der Waals surface area contributed by atoms with E-state index in [1.165, 1.54) is 10.3 Å². The van der Waals surface area contributed by atoms with Crippen molar-refractivity contribution in [2.45, 2.75) is 6.42 Å². The summed E-state index contributed by atoms with van der Waals surface area (Å²) in [6, 6.07) is 14.5. The predicted octanol–water partition coefficient (Wildman–Crippen LogP) is 3.76. The smallest absolute Gasteiger partial charge is 0.111 e. The lowest BCUT2D eigenvalue weighted by atomic mass is 10.1. The number of fused-ring (bicyclic) bond motifs is 2. The van der Waals surface area contributed by atoms with Crippen LogP contribution in [0.4, 0.5) is 0 Å². The number of H-pyrrole nitrogens is 1. The van der Waals surface area contributed by atoms with Gasteiger partial charge in [-0.1, -0.05) is 18.2 Å². The van der Waals surface area contributed by atoms with E-state index < -0.39 is 0 Å². The minimum atomic E-state index is 0.808. The average molecular weight is 265 g/mol. The zero-order valence-corrected chi connectivity index (χ0v) is 10.9. The molecule has 0 atom stereocenters. The standard InChI is InChI=1S/C15H11N3S/c1-2-4-12-11(3-1)17-15(18-12)8-10-5-6-14-13(7-10)16-9-19-14/h1-7,9H,8H2,(H,17,18). The monoisotopic (exact) mass is 265 g/mol. The Balaban J connectivity index is 1.72. The summed E-state index contributed by atoms with van der Waals surface area (Å²) in [6.07, 6.45) is 0.808. The quantitative estimate of drug-likeness (QED) is 0.599. The number of para-hydroxylation sites is 2. The first-order chi connectivity index (χ1) is 9.38. The summed E-state index contributed by atoms with van der Waals surface area (Å²) in [6.45, 7) is 0. The van der Waals surface area contributed by atoms with Crippen LogP contribution in [-0.2, 0) is 6.42 Å². The number of hydrogen-bond acceptors (Lipinski definition) is 3. The van der Waals surface area contributed by atoms with Gasteiger partial charge in [-0.15, -0.1) is 11.3 Å². The highest BCUT2D eigenvalue weighted by Gasteiger charge is 2.04. The first kappa shape index (κ1) is 10.7. The van der Waals surface area contributed by atoms with Crippen LogP contribution in [0.5, 0.6) is 0 Å². The molecule has 0 fully saturated rings. The van der Waals surface area contributed by atoms with Gasteiger partial charge in [0.1, 0.15) is 5.82 Å². The number of aromatic amines is 1. The molecule has 4 aromatic rings. The first-order valence-electron chi connectivity index (χ1n) is 6.14. The van der Waals surface area contributed by atoms with E-state index in [9.17, 15) is 0 Å². The Labute approximate surface area is 114 Å². The van der Waals surface area contributed by atoms with Gasteiger partial charge in [0, 0.05) is 6.42 Å². The Bertz CT molecular complexity index is 827. The van der Waals surface area contributed by atoms with Crippen molar-refractivity contribution < 1.29 is 0 Å². The van der Waals surface area contributed by atoms with Crippen LogP contribution < -0.4 is 0 Å². The molecular formula is C15H11N3S. The number of thiazole rings is 1. The molecule has 2 aromatic carbocycles. The van der Waals surface area contributed by atoms with E-state index in [1.54, 1.807) is 11.3 Å². The molecule has 2 heterocycles. The molecule has 4 rings (SSSR count). The van der Waals surface area contributed by atoms with Gasteiger partial charge in [-0.3, -0.25) is 0 Å². The summed E-state index contributed by atoms with van der Waals surface area (Å²) in [5.74, 6) is 0.996. The molecule has 0 spiro atoms. The summed E-state index contributed by atoms with van der Waals surface area (Å²) >= 11 is 1.67. The Morgan fingerprint density at radius 1 is 1.05 bits per heavy atom. The molecule has 0 aliphatic rings. The van der Waals surface area contributed by atoms with Crippen molar-refractivity contribution >= 4 is 32.6 Å². The molecule has 92 valence electrons. The number of hydrogen-bond donors (Lipinski definition) is 1. The maximum atomic E-state index is 4.60. The largest absolute Gasteiger partial charge is 0.342 e. The highest BCUT2D eigenvalue weighted by atomic mass is 32.1. The van der Waals surface area contributed by atoms with E-state index in [4.69, 9.17) is 0 Å². The minimum Gasteiger partial charge on any atom is -0.342 e. The van der Waals surface area contributed by atoms with Gasteiger partial charge in [-0.05, 0) is 29.8 Å². The third kappa shape index (κ3) is 1.90. The molecular weight excluding hydrogens is 254 g/mol. The van der Waals surface area contributed by atoms with Crippen LogP contribution in [0, 0.1) is 0 Å². The normalized spacial score (nSPS) is 11.4. The van der Waals surface area contributed by atoms with E-state index in [-0.39, 0.29) is 0 Å². The second-order valence-electron chi connectivity index (χ2n) is 4.53. The third-order valence-electron chi connectivity index (χ3n) is 3.20. The fourth-order valence-electron chi connectivity index (χ4n) is 2.30. The minimum absolute atomic E-state index is 0.808. The molecule has 1 N–H and O–H groups in total. The summed E-state index contributed by atoms with van der Waals surface area (Å²) in [5, 5.41) is 0. The van der Waals surface area contributed by atoms with Crippen molar-refractivity contribution in [3.8, 4) is 0 Å². The van der Waals surface area contributed by atoms with E-state index in [1.807, 2.05) is 23.7 Å². The van der Waals surface area contributed by atoms with Gasteiger partial charge < -0.3 is 4.98 Å². The number of benzene rings is 2. The maximum absolute atomic E-state index is 4.60. The van der Waals surface area contributed by atoms with E-state index in [0.717, 1.165) is 28.8 Å². The molecule has 0 saturated carbocycles. The summed E-state index contributed by atoms with van der Waals surface area (Å²) < 4.78 is 1.23. The van der Waals surface area contributed by atoms with Crippen LogP contribution in [0.1, 0.15) is 11.4 Å². The third-order valence-corrected chi connectivity index (χ3v) is 4.01. The fourth-order valence-corrected chi connectivity index (χ4v) is 2.95. The van der Waals surface area contributed by atoms with Gasteiger partial charge in [0.25, 0.3) is 0 Å². The fraction of sp³-hybridized carbons (Fsp3) is 0.0667. The zero-order chi connectivity index (χ0) is 12.7. The lowest BCUT2D eigenvalue weighted by Crippen LogP contribution is -1.90. The highest BCUT2D eigenvalue weighted by molar-refractivity contribution is 7.16.